The SMILES string of the molecule is CC(=O)OC1COCC(OC(C)=O)C1.CC(C)(C)OC(=O)NCC(=O)Nc1ccc(CO)cc1O. The van der Waals surface area contributed by atoms with Gasteiger partial charge in [-0.15, -0.1) is 0 Å². The molecule has 35 heavy (non-hydrogen) atoms. The molecule has 1 aromatic rings. The summed E-state index contributed by atoms with van der Waals surface area (Å²) in [7, 11) is 0. The number of rotatable bonds is 6. The number of phenols is 1. The van der Waals surface area contributed by atoms with Gasteiger partial charge in [0, 0.05) is 20.3 Å². The number of phenolic OH excluding ortho intramolecular Hbond substituents is 1. The van der Waals surface area contributed by atoms with Crippen molar-refractivity contribution in [3.8, 4) is 5.75 Å². The van der Waals surface area contributed by atoms with Crippen LogP contribution in [0.1, 0.15) is 46.6 Å². The molecule has 2 amide bonds. The first-order valence-corrected chi connectivity index (χ1v) is 10.9. The number of hydrogen-bond donors (Lipinski definition) is 4. The van der Waals surface area contributed by atoms with Gasteiger partial charge in [-0.05, 0) is 38.5 Å². The maximum Gasteiger partial charge on any atom is 0.408 e. The van der Waals surface area contributed by atoms with Crippen molar-refractivity contribution in [1.29, 1.82) is 0 Å². The number of aromatic hydroxyl groups is 1. The number of aliphatic hydroxyl groups is 1. The minimum atomic E-state index is -0.697. The minimum Gasteiger partial charge on any atom is -0.506 e. The summed E-state index contributed by atoms with van der Waals surface area (Å²) in [4.78, 5) is 44.3. The van der Waals surface area contributed by atoms with E-state index in [-0.39, 0.29) is 48.7 Å². The van der Waals surface area contributed by atoms with Crippen LogP contribution in [0, 0.1) is 0 Å². The Morgan fingerprint density at radius 2 is 1.63 bits per heavy atom. The highest BCUT2D eigenvalue weighted by Crippen LogP contribution is 2.24. The fourth-order valence-corrected chi connectivity index (χ4v) is 2.84. The second-order valence-electron chi connectivity index (χ2n) is 8.65. The zero-order valence-electron chi connectivity index (χ0n) is 20.6. The number of aliphatic hydroxyl groups excluding tert-OH is 1. The van der Waals surface area contributed by atoms with Crippen molar-refractivity contribution in [3.05, 3.63) is 23.8 Å². The highest BCUT2D eigenvalue weighted by Gasteiger charge is 2.26. The molecule has 196 valence electrons. The van der Waals surface area contributed by atoms with Gasteiger partial charge >= 0.3 is 18.0 Å². The summed E-state index contributed by atoms with van der Waals surface area (Å²) in [6.07, 6.45) is -0.784. The van der Waals surface area contributed by atoms with Gasteiger partial charge in [0.05, 0.1) is 25.5 Å². The molecule has 4 N–H and O–H groups in total. The Morgan fingerprint density at radius 3 is 2.09 bits per heavy atom. The summed E-state index contributed by atoms with van der Waals surface area (Å²) in [5, 5.41) is 23.3. The van der Waals surface area contributed by atoms with Crippen LogP contribution in [0.3, 0.4) is 0 Å². The zero-order valence-corrected chi connectivity index (χ0v) is 20.6. The predicted octanol–water partition coefficient (Wildman–Crippen LogP) is 1.62. The highest BCUT2D eigenvalue weighted by molar-refractivity contribution is 5.95. The molecule has 1 aliphatic heterocycles. The maximum atomic E-state index is 11.6. The van der Waals surface area contributed by atoms with Crippen LogP contribution in [0.4, 0.5) is 10.5 Å². The van der Waals surface area contributed by atoms with E-state index in [9.17, 15) is 24.3 Å². The number of hydrogen-bond acceptors (Lipinski definition) is 10. The van der Waals surface area contributed by atoms with Crippen LogP contribution >= 0.6 is 0 Å². The summed E-state index contributed by atoms with van der Waals surface area (Å²) in [6, 6.07) is 4.37. The second-order valence-corrected chi connectivity index (χ2v) is 8.65. The number of carbonyl (C=O) groups is 4. The number of benzene rings is 1. The van der Waals surface area contributed by atoms with Crippen molar-refractivity contribution in [3.63, 3.8) is 0 Å². The minimum absolute atomic E-state index is 0.160. The first kappa shape index (κ1) is 29.7. The molecule has 0 spiro atoms. The van der Waals surface area contributed by atoms with E-state index in [1.54, 1.807) is 26.8 Å². The molecule has 12 nitrogen and oxygen atoms in total. The van der Waals surface area contributed by atoms with Gasteiger partial charge in [0.25, 0.3) is 0 Å². The maximum absolute atomic E-state index is 11.6. The Hall–Kier alpha value is -3.38. The van der Waals surface area contributed by atoms with Gasteiger partial charge in [0.1, 0.15) is 30.1 Å². The van der Waals surface area contributed by atoms with E-state index in [4.69, 9.17) is 24.1 Å². The number of anilines is 1. The van der Waals surface area contributed by atoms with Crippen molar-refractivity contribution < 1.29 is 48.3 Å². The fourth-order valence-electron chi connectivity index (χ4n) is 2.84. The lowest BCUT2D eigenvalue weighted by Crippen LogP contribution is -2.38. The molecule has 1 fully saturated rings. The largest absolute Gasteiger partial charge is 0.506 e. The average Bonchev–Trinajstić information content (AvgIpc) is 2.72. The van der Waals surface area contributed by atoms with Crippen LogP contribution in [0.15, 0.2) is 18.2 Å². The molecule has 0 bridgehead atoms. The molecule has 1 heterocycles. The zero-order chi connectivity index (χ0) is 26.6. The normalized spacial score (nSPS) is 17.2. The summed E-state index contributed by atoms with van der Waals surface area (Å²) in [6.45, 7) is 8.09. The molecule has 2 rings (SSSR count). The van der Waals surface area contributed by atoms with E-state index >= 15 is 0 Å². The standard InChI is InChI=1S/C14H20N2O5.C9H14O5/c1-14(2,3)21-13(20)15-7-12(19)16-10-5-4-9(8-17)6-11(10)18;1-6(10)13-8-3-9(5-12-4-8)14-7(2)11/h4-6,17-18H,7-8H2,1-3H3,(H,15,20)(H,16,19);8-9H,3-5H2,1-2H3. The van der Waals surface area contributed by atoms with Gasteiger partial charge < -0.3 is 39.8 Å². The molecule has 0 radical (unpaired) electrons. The Bertz CT molecular complexity index is 860. The van der Waals surface area contributed by atoms with E-state index in [1.165, 1.54) is 26.0 Å². The number of nitrogens with one attached hydrogen (secondary N) is 2. The summed E-state index contributed by atoms with van der Waals surface area (Å²) >= 11 is 0. The molecule has 0 aliphatic carbocycles. The molecule has 12 heteroatoms. The van der Waals surface area contributed by atoms with Gasteiger partial charge in [-0.3, -0.25) is 14.4 Å². The third kappa shape index (κ3) is 13.2. The number of alkyl carbamates (subject to hydrolysis) is 1. The molecule has 0 aromatic heterocycles. The molecule has 0 saturated carbocycles. The fraction of sp³-hybridized carbons (Fsp3) is 0.565. The molecule has 1 aromatic carbocycles. The predicted molar refractivity (Wildman–Crippen MR) is 123 cm³/mol. The van der Waals surface area contributed by atoms with Crippen LogP contribution in [0.25, 0.3) is 0 Å². The van der Waals surface area contributed by atoms with Gasteiger partial charge in [-0.2, -0.15) is 0 Å². The summed E-state index contributed by atoms with van der Waals surface area (Å²) < 4.78 is 20.0. The van der Waals surface area contributed by atoms with Crippen LogP contribution in [0.2, 0.25) is 0 Å². The molecule has 1 aliphatic rings. The van der Waals surface area contributed by atoms with E-state index < -0.39 is 17.6 Å². The van der Waals surface area contributed by atoms with E-state index in [0.29, 0.717) is 25.2 Å². The van der Waals surface area contributed by atoms with Crippen LogP contribution < -0.4 is 10.6 Å². The lowest BCUT2D eigenvalue weighted by atomic mass is 10.1. The number of carbonyl (C=O) groups excluding carboxylic acids is 4. The lowest BCUT2D eigenvalue weighted by Gasteiger charge is -2.28. The third-order valence-corrected chi connectivity index (χ3v) is 4.11. The van der Waals surface area contributed by atoms with Gasteiger partial charge in [0.2, 0.25) is 5.91 Å². The van der Waals surface area contributed by atoms with E-state index in [0.717, 1.165) is 0 Å². The van der Waals surface area contributed by atoms with Crippen LogP contribution in [0.5, 0.6) is 5.75 Å². The monoisotopic (exact) mass is 498 g/mol. The average molecular weight is 499 g/mol. The van der Waals surface area contributed by atoms with Crippen LogP contribution in [-0.4, -0.2) is 71.7 Å². The lowest BCUT2D eigenvalue weighted by molar-refractivity contribution is -0.168. The van der Waals surface area contributed by atoms with Gasteiger partial charge in [0.15, 0.2) is 0 Å². The van der Waals surface area contributed by atoms with E-state index in [1.807, 2.05) is 0 Å². The summed E-state index contributed by atoms with van der Waals surface area (Å²) in [5.41, 5.74) is 0.0828. The van der Waals surface area contributed by atoms with Crippen molar-refractivity contribution in [1.82, 2.24) is 5.32 Å². The molecule has 1 saturated heterocycles. The molecule has 2 atom stereocenters. The van der Waals surface area contributed by atoms with Gasteiger partial charge in [-0.1, -0.05) is 6.07 Å². The first-order valence-electron chi connectivity index (χ1n) is 10.9. The van der Waals surface area contributed by atoms with Crippen molar-refractivity contribution >= 4 is 29.6 Å². The summed E-state index contributed by atoms with van der Waals surface area (Å²) in [5.74, 6) is -1.36. The van der Waals surface area contributed by atoms with Crippen LogP contribution in [-0.2, 0) is 39.9 Å². The Balaban J connectivity index is 0.000000379. The molecular weight excluding hydrogens is 464 g/mol. The Kier molecular flexibility index (Phi) is 12.0. The Morgan fingerprint density at radius 1 is 1.06 bits per heavy atom. The molecule has 2 unspecified atom stereocenters. The number of ether oxygens (including phenoxy) is 4. The smallest absolute Gasteiger partial charge is 0.408 e. The number of amides is 2. The van der Waals surface area contributed by atoms with Crippen molar-refractivity contribution in [2.75, 3.05) is 25.1 Å². The number of esters is 2. The second kappa shape index (κ2) is 14.1. The molecular formula is C23H34N2O10. The third-order valence-electron chi connectivity index (χ3n) is 4.11. The van der Waals surface area contributed by atoms with E-state index in [2.05, 4.69) is 10.6 Å². The van der Waals surface area contributed by atoms with Gasteiger partial charge in [-0.25, -0.2) is 4.79 Å². The quantitative estimate of drug-likeness (QED) is 0.257. The Labute approximate surface area is 203 Å². The first-order chi connectivity index (χ1) is 16.3. The topological polar surface area (TPSA) is 170 Å². The highest BCUT2D eigenvalue weighted by atomic mass is 16.6. The van der Waals surface area contributed by atoms with Crippen molar-refractivity contribution in [2.24, 2.45) is 0 Å². The van der Waals surface area contributed by atoms with Crippen molar-refractivity contribution in [2.45, 2.75) is 65.5 Å².